The maximum absolute atomic E-state index is 11.5. The van der Waals surface area contributed by atoms with Crippen LogP contribution in [0, 0.1) is 5.41 Å². The van der Waals surface area contributed by atoms with E-state index < -0.39 is 5.97 Å². The van der Waals surface area contributed by atoms with Crippen LogP contribution in [-0.4, -0.2) is 35.1 Å². The first-order chi connectivity index (χ1) is 8.50. The van der Waals surface area contributed by atoms with Crippen molar-refractivity contribution in [3.63, 3.8) is 0 Å². The molecular formula is C14H21NO2S. The first-order valence-corrected chi connectivity index (χ1v) is 7.38. The molecule has 1 saturated heterocycles. The van der Waals surface area contributed by atoms with E-state index in [9.17, 15) is 9.90 Å². The van der Waals surface area contributed by atoms with Crippen LogP contribution >= 0.6 is 11.3 Å². The Balaban J connectivity index is 2.03. The Kier molecular flexibility index (Phi) is 4.07. The molecule has 1 atom stereocenters. The van der Waals surface area contributed by atoms with Crippen molar-refractivity contribution in [1.82, 2.24) is 4.90 Å². The van der Waals surface area contributed by atoms with Gasteiger partial charge >= 0.3 is 5.97 Å². The van der Waals surface area contributed by atoms with Gasteiger partial charge in [0.2, 0.25) is 0 Å². The summed E-state index contributed by atoms with van der Waals surface area (Å²) in [6, 6.07) is 3.83. The molecule has 0 aliphatic carbocycles. The normalized spacial score (nSPS) is 24.0. The standard InChI is InChI=1S/C14H21NO2S/c1-14(2)7-4-8-15(12(14)13(16)17)9-6-11-5-3-10-18-11/h3,5,10,12H,4,6-9H2,1-2H3,(H,16,17). The quantitative estimate of drug-likeness (QED) is 0.912. The van der Waals surface area contributed by atoms with Crippen LogP contribution in [0.3, 0.4) is 0 Å². The summed E-state index contributed by atoms with van der Waals surface area (Å²) in [5.41, 5.74) is -0.125. The molecule has 1 aromatic heterocycles. The summed E-state index contributed by atoms with van der Waals surface area (Å²) in [6.45, 7) is 5.90. The van der Waals surface area contributed by atoms with E-state index in [4.69, 9.17) is 0 Å². The summed E-state index contributed by atoms with van der Waals surface area (Å²) in [5.74, 6) is -0.675. The third kappa shape index (κ3) is 2.93. The van der Waals surface area contributed by atoms with Gasteiger partial charge in [0.1, 0.15) is 6.04 Å². The van der Waals surface area contributed by atoms with E-state index in [0.29, 0.717) is 0 Å². The zero-order chi connectivity index (χ0) is 13.2. The van der Waals surface area contributed by atoms with Crippen LogP contribution in [0.5, 0.6) is 0 Å². The molecule has 2 heterocycles. The monoisotopic (exact) mass is 267 g/mol. The van der Waals surface area contributed by atoms with Gasteiger partial charge in [-0.05, 0) is 42.7 Å². The third-order valence-corrected chi connectivity index (χ3v) is 4.77. The predicted molar refractivity (Wildman–Crippen MR) is 74.0 cm³/mol. The Morgan fingerprint density at radius 3 is 3.00 bits per heavy atom. The fraction of sp³-hybridized carbons (Fsp3) is 0.643. The van der Waals surface area contributed by atoms with Crippen molar-refractivity contribution in [1.29, 1.82) is 0 Å². The highest BCUT2D eigenvalue weighted by molar-refractivity contribution is 7.09. The second-order valence-electron chi connectivity index (χ2n) is 5.70. The van der Waals surface area contributed by atoms with Crippen molar-refractivity contribution in [3.8, 4) is 0 Å². The number of nitrogens with zero attached hydrogens (tertiary/aromatic N) is 1. The van der Waals surface area contributed by atoms with Crippen LogP contribution in [-0.2, 0) is 11.2 Å². The number of aliphatic carboxylic acids is 1. The van der Waals surface area contributed by atoms with Crippen molar-refractivity contribution in [2.45, 2.75) is 39.2 Å². The van der Waals surface area contributed by atoms with Crippen molar-refractivity contribution < 1.29 is 9.90 Å². The summed E-state index contributed by atoms with van der Waals surface area (Å²) in [6.07, 6.45) is 3.05. The molecule has 1 aliphatic rings. The minimum absolute atomic E-state index is 0.125. The van der Waals surface area contributed by atoms with Crippen LogP contribution < -0.4 is 0 Å². The Bertz CT molecular complexity index is 400. The highest BCUT2D eigenvalue weighted by Crippen LogP contribution is 2.35. The average Bonchev–Trinajstić information content (AvgIpc) is 2.77. The minimum Gasteiger partial charge on any atom is -0.480 e. The van der Waals surface area contributed by atoms with E-state index >= 15 is 0 Å². The van der Waals surface area contributed by atoms with E-state index in [2.05, 4.69) is 36.3 Å². The van der Waals surface area contributed by atoms with Gasteiger partial charge in [0.05, 0.1) is 0 Å². The van der Waals surface area contributed by atoms with E-state index in [1.165, 1.54) is 4.88 Å². The number of hydrogen-bond donors (Lipinski definition) is 1. The first kappa shape index (κ1) is 13.6. The van der Waals surface area contributed by atoms with Crippen LogP contribution in [0.2, 0.25) is 0 Å². The number of likely N-dealkylation sites (tertiary alicyclic amines) is 1. The lowest BCUT2D eigenvalue weighted by molar-refractivity contribution is -0.150. The molecule has 2 rings (SSSR count). The van der Waals surface area contributed by atoms with E-state index in [-0.39, 0.29) is 11.5 Å². The summed E-state index contributed by atoms with van der Waals surface area (Å²) in [4.78, 5) is 15.0. The van der Waals surface area contributed by atoms with Crippen LogP contribution in [0.25, 0.3) is 0 Å². The van der Waals surface area contributed by atoms with Gasteiger partial charge in [0.15, 0.2) is 0 Å². The fourth-order valence-electron chi connectivity index (χ4n) is 2.94. The van der Waals surface area contributed by atoms with Crippen LogP contribution in [0.1, 0.15) is 31.6 Å². The Labute approximate surface area is 112 Å². The molecule has 0 radical (unpaired) electrons. The Morgan fingerprint density at radius 2 is 2.39 bits per heavy atom. The van der Waals surface area contributed by atoms with Gasteiger partial charge < -0.3 is 5.11 Å². The van der Waals surface area contributed by atoms with Gasteiger partial charge in [0.25, 0.3) is 0 Å². The van der Waals surface area contributed by atoms with Crippen molar-refractivity contribution in [2.24, 2.45) is 5.41 Å². The van der Waals surface area contributed by atoms with Crippen LogP contribution in [0.15, 0.2) is 17.5 Å². The second kappa shape index (κ2) is 5.41. The van der Waals surface area contributed by atoms with Gasteiger partial charge in [-0.2, -0.15) is 0 Å². The van der Waals surface area contributed by atoms with Crippen molar-refractivity contribution in [3.05, 3.63) is 22.4 Å². The topological polar surface area (TPSA) is 40.5 Å². The van der Waals surface area contributed by atoms with E-state index in [0.717, 1.165) is 32.4 Å². The molecule has 0 bridgehead atoms. The predicted octanol–water partition coefficient (Wildman–Crippen LogP) is 2.87. The molecule has 1 aromatic rings. The maximum Gasteiger partial charge on any atom is 0.321 e. The lowest BCUT2D eigenvalue weighted by Gasteiger charge is -2.44. The molecule has 1 aliphatic heterocycles. The molecule has 4 heteroatoms. The number of thiophene rings is 1. The number of carbonyl (C=O) groups is 1. The van der Waals surface area contributed by atoms with Gasteiger partial charge in [-0.25, -0.2) is 0 Å². The Hall–Kier alpha value is -0.870. The number of hydrogen-bond acceptors (Lipinski definition) is 3. The summed E-state index contributed by atoms with van der Waals surface area (Å²) >= 11 is 1.75. The van der Waals surface area contributed by atoms with Crippen molar-refractivity contribution >= 4 is 17.3 Å². The lowest BCUT2D eigenvalue weighted by atomic mass is 9.76. The smallest absolute Gasteiger partial charge is 0.321 e. The summed E-state index contributed by atoms with van der Waals surface area (Å²) < 4.78 is 0. The minimum atomic E-state index is -0.675. The Morgan fingerprint density at radius 1 is 1.61 bits per heavy atom. The molecule has 0 saturated carbocycles. The zero-order valence-electron chi connectivity index (χ0n) is 11.1. The molecule has 18 heavy (non-hydrogen) atoms. The zero-order valence-corrected chi connectivity index (χ0v) is 11.9. The van der Waals surface area contributed by atoms with Crippen molar-refractivity contribution in [2.75, 3.05) is 13.1 Å². The molecule has 0 amide bonds. The molecule has 0 aromatic carbocycles. The number of piperidine rings is 1. The average molecular weight is 267 g/mol. The van der Waals surface area contributed by atoms with Gasteiger partial charge in [-0.3, -0.25) is 9.69 Å². The van der Waals surface area contributed by atoms with Gasteiger partial charge in [0, 0.05) is 11.4 Å². The van der Waals surface area contributed by atoms with Crippen LogP contribution in [0.4, 0.5) is 0 Å². The second-order valence-corrected chi connectivity index (χ2v) is 6.73. The highest BCUT2D eigenvalue weighted by Gasteiger charge is 2.42. The van der Waals surface area contributed by atoms with E-state index in [1.54, 1.807) is 11.3 Å². The summed E-state index contributed by atoms with van der Waals surface area (Å²) in [7, 11) is 0. The van der Waals surface area contributed by atoms with Gasteiger partial charge in [-0.1, -0.05) is 19.9 Å². The van der Waals surface area contributed by atoms with Gasteiger partial charge in [-0.15, -0.1) is 11.3 Å². The number of rotatable bonds is 4. The number of carboxylic acids is 1. The largest absolute Gasteiger partial charge is 0.480 e. The molecule has 0 spiro atoms. The maximum atomic E-state index is 11.5. The molecule has 100 valence electrons. The highest BCUT2D eigenvalue weighted by atomic mass is 32.1. The molecule has 1 unspecified atom stereocenters. The third-order valence-electron chi connectivity index (χ3n) is 3.83. The number of carboxylic acid groups (broad SMARTS) is 1. The van der Waals surface area contributed by atoms with E-state index in [1.807, 2.05) is 0 Å². The molecule has 1 fully saturated rings. The summed E-state index contributed by atoms with van der Waals surface area (Å²) in [5, 5.41) is 11.5. The fourth-order valence-corrected chi connectivity index (χ4v) is 3.64. The molecular weight excluding hydrogens is 246 g/mol. The SMILES string of the molecule is CC1(C)CCCN(CCc2cccs2)C1C(=O)O. The first-order valence-electron chi connectivity index (χ1n) is 6.50. The molecule has 1 N–H and O–H groups in total. The molecule has 3 nitrogen and oxygen atoms in total. The lowest BCUT2D eigenvalue weighted by Crippen LogP contribution is -2.54.